The number of fused-ring (bicyclic) bond motifs is 2. The molecule has 0 spiro atoms. The van der Waals surface area contributed by atoms with Gasteiger partial charge in [0.1, 0.15) is 5.60 Å². The minimum Gasteiger partial charge on any atom is -0.471 e. The topological polar surface area (TPSA) is 104 Å². The molecule has 3 atom stereocenters. The minimum absolute atomic E-state index is 0.108. The first-order chi connectivity index (χ1) is 8.35. The maximum absolute atomic E-state index is 9.57. The highest BCUT2D eigenvalue weighted by Gasteiger charge is 2.82. The first-order valence-electron chi connectivity index (χ1n) is 5.87. The molecule has 1 aliphatic carbocycles. The lowest BCUT2D eigenvalue weighted by Gasteiger charge is -2.33. The van der Waals surface area contributed by atoms with Gasteiger partial charge in [-0.25, -0.2) is 0 Å². The summed E-state index contributed by atoms with van der Waals surface area (Å²) < 4.78 is 5.44. The van der Waals surface area contributed by atoms with Gasteiger partial charge in [0, 0.05) is 0 Å². The van der Waals surface area contributed by atoms with Gasteiger partial charge in [0.05, 0.1) is 18.2 Å². The monoisotopic (exact) mass is 242 g/mol. The maximum atomic E-state index is 9.57. The fourth-order valence-electron chi connectivity index (χ4n) is 3.57. The summed E-state index contributed by atoms with van der Waals surface area (Å²) in [6.45, 7) is 5.55. The third kappa shape index (κ3) is 0.900. The Balaban J connectivity index is 2.80. The molecule has 1 saturated carbocycles. The van der Waals surface area contributed by atoms with Crippen molar-refractivity contribution in [2.24, 2.45) is 22.7 Å². The lowest BCUT2D eigenvalue weighted by Crippen LogP contribution is -2.44. The molecule has 2 bridgehead atoms. The molecule has 2 rings (SSSR count). The van der Waals surface area contributed by atoms with E-state index in [9.17, 15) is 15.8 Å². The van der Waals surface area contributed by atoms with Gasteiger partial charge >= 0.3 is 0 Å². The van der Waals surface area contributed by atoms with E-state index in [2.05, 4.69) is 6.07 Å². The van der Waals surface area contributed by atoms with Crippen LogP contribution in [0.15, 0.2) is 0 Å². The first kappa shape index (κ1) is 12.4. The normalized spacial score (nSPS) is 39.8. The third-order valence-corrected chi connectivity index (χ3v) is 4.55. The number of hydrogen-bond acceptors (Lipinski definition) is 5. The van der Waals surface area contributed by atoms with Crippen LogP contribution in [0.4, 0.5) is 0 Å². The molecule has 0 radical (unpaired) electrons. The number of nitrogens with zero attached hydrogens (tertiary/aromatic N) is 3. The van der Waals surface area contributed by atoms with Crippen LogP contribution in [0, 0.1) is 62.1 Å². The molecule has 2 aliphatic rings. The van der Waals surface area contributed by atoms with Crippen molar-refractivity contribution in [1.29, 1.82) is 21.2 Å². The standard InChI is InChI=1S/C13H14N4O/c1-8(2)9-4-11(3)12(5-14,6-15)13(9,7-16)10(17)18-11/h8-9,17H,4H2,1-3H3. The van der Waals surface area contributed by atoms with Crippen molar-refractivity contribution >= 4 is 5.90 Å². The molecule has 1 N–H and O–H groups in total. The van der Waals surface area contributed by atoms with Gasteiger partial charge in [-0.2, -0.15) is 15.8 Å². The number of nitrogens with one attached hydrogen (secondary N) is 1. The summed E-state index contributed by atoms with van der Waals surface area (Å²) in [5, 5.41) is 36.5. The van der Waals surface area contributed by atoms with Crippen molar-refractivity contribution in [3.8, 4) is 18.2 Å². The van der Waals surface area contributed by atoms with Crippen molar-refractivity contribution < 1.29 is 4.74 Å². The van der Waals surface area contributed by atoms with E-state index in [4.69, 9.17) is 10.1 Å². The summed E-state index contributed by atoms with van der Waals surface area (Å²) in [6, 6.07) is 6.05. The largest absolute Gasteiger partial charge is 0.471 e. The summed E-state index contributed by atoms with van der Waals surface area (Å²) in [5.74, 6) is -0.314. The van der Waals surface area contributed by atoms with Gasteiger partial charge in [0.2, 0.25) is 11.3 Å². The predicted octanol–water partition coefficient (Wildman–Crippen LogP) is 1.97. The van der Waals surface area contributed by atoms with Crippen molar-refractivity contribution in [1.82, 2.24) is 0 Å². The van der Waals surface area contributed by atoms with Crippen molar-refractivity contribution in [2.75, 3.05) is 0 Å². The molecule has 0 aromatic carbocycles. The van der Waals surface area contributed by atoms with E-state index < -0.39 is 16.4 Å². The van der Waals surface area contributed by atoms with Gasteiger partial charge in [0.25, 0.3) is 0 Å². The fourth-order valence-corrected chi connectivity index (χ4v) is 3.57. The summed E-state index contributed by atoms with van der Waals surface area (Å²) in [4.78, 5) is 0. The predicted molar refractivity (Wildman–Crippen MR) is 61.9 cm³/mol. The van der Waals surface area contributed by atoms with Gasteiger partial charge < -0.3 is 4.74 Å². The molecular weight excluding hydrogens is 228 g/mol. The second-order valence-electron chi connectivity index (χ2n) is 5.61. The number of hydrogen-bond donors (Lipinski definition) is 1. The summed E-state index contributed by atoms with van der Waals surface area (Å²) in [7, 11) is 0. The zero-order valence-electron chi connectivity index (χ0n) is 10.6. The van der Waals surface area contributed by atoms with E-state index in [1.807, 2.05) is 26.0 Å². The highest BCUT2D eigenvalue weighted by molar-refractivity contribution is 5.91. The molecule has 0 aromatic rings. The minimum atomic E-state index is -1.58. The van der Waals surface area contributed by atoms with E-state index in [1.165, 1.54) is 0 Å². The molecule has 5 nitrogen and oxygen atoms in total. The van der Waals surface area contributed by atoms with Crippen LogP contribution in [0.25, 0.3) is 0 Å². The van der Waals surface area contributed by atoms with E-state index >= 15 is 0 Å². The smallest absolute Gasteiger partial charge is 0.210 e. The van der Waals surface area contributed by atoms with Crippen molar-refractivity contribution in [3.05, 3.63) is 0 Å². The summed E-state index contributed by atoms with van der Waals surface area (Å²) in [5.41, 5.74) is -4.07. The molecule has 2 fully saturated rings. The quantitative estimate of drug-likeness (QED) is 0.758. The number of nitriles is 3. The SMILES string of the molecule is CC(C)C1CC2(C)OC(=N)C1(C#N)C2(C#N)C#N. The van der Waals surface area contributed by atoms with E-state index in [-0.39, 0.29) is 17.7 Å². The first-order valence-corrected chi connectivity index (χ1v) is 5.87. The lowest BCUT2D eigenvalue weighted by atomic mass is 9.61. The van der Waals surface area contributed by atoms with Crippen LogP contribution in [0.3, 0.4) is 0 Å². The maximum Gasteiger partial charge on any atom is 0.210 e. The Kier molecular flexibility index (Phi) is 2.23. The molecule has 1 saturated heterocycles. The average Bonchev–Trinajstić information content (AvgIpc) is 2.65. The molecule has 0 amide bonds. The Morgan fingerprint density at radius 2 is 1.83 bits per heavy atom. The second kappa shape index (κ2) is 3.24. The molecule has 1 aliphatic heterocycles. The Morgan fingerprint density at radius 1 is 1.28 bits per heavy atom. The molecule has 92 valence electrons. The Labute approximate surface area is 106 Å². The van der Waals surface area contributed by atoms with Crippen LogP contribution in [0.2, 0.25) is 0 Å². The zero-order chi connectivity index (χ0) is 13.8. The van der Waals surface area contributed by atoms with Gasteiger partial charge in [-0.15, -0.1) is 0 Å². The van der Waals surface area contributed by atoms with E-state index in [0.717, 1.165) is 0 Å². The van der Waals surface area contributed by atoms with Crippen LogP contribution >= 0.6 is 0 Å². The molecule has 3 unspecified atom stereocenters. The highest BCUT2D eigenvalue weighted by atomic mass is 16.5. The number of rotatable bonds is 1. The van der Waals surface area contributed by atoms with Gasteiger partial charge in [0.15, 0.2) is 5.41 Å². The van der Waals surface area contributed by atoms with Crippen LogP contribution in [0.1, 0.15) is 27.2 Å². The Morgan fingerprint density at radius 3 is 2.22 bits per heavy atom. The van der Waals surface area contributed by atoms with Crippen LogP contribution < -0.4 is 0 Å². The molecular formula is C13H14N4O. The van der Waals surface area contributed by atoms with Crippen molar-refractivity contribution in [2.45, 2.75) is 32.8 Å². The van der Waals surface area contributed by atoms with E-state index in [0.29, 0.717) is 6.42 Å². The Hall–Kier alpha value is -2.06. The number of ether oxygens (including phenoxy) is 1. The molecule has 5 heteroatoms. The van der Waals surface area contributed by atoms with Crippen LogP contribution in [-0.2, 0) is 4.74 Å². The van der Waals surface area contributed by atoms with Crippen LogP contribution in [0.5, 0.6) is 0 Å². The Bertz CT molecular complexity index is 533. The molecule has 18 heavy (non-hydrogen) atoms. The van der Waals surface area contributed by atoms with Crippen LogP contribution in [-0.4, -0.2) is 11.5 Å². The molecule has 0 aromatic heterocycles. The fraction of sp³-hybridized carbons (Fsp3) is 0.692. The molecule has 1 heterocycles. The summed E-state index contributed by atoms with van der Waals surface area (Å²) >= 11 is 0. The van der Waals surface area contributed by atoms with Gasteiger partial charge in [-0.3, -0.25) is 5.41 Å². The average molecular weight is 242 g/mol. The van der Waals surface area contributed by atoms with E-state index in [1.54, 1.807) is 6.92 Å². The zero-order valence-corrected chi connectivity index (χ0v) is 10.6. The second-order valence-corrected chi connectivity index (χ2v) is 5.61. The van der Waals surface area contributed by atoms with Gasteiger partial charge in [-0.1, -0.05) is 13.8 Å². The third-order valence-electron chi connectivity index (χ3n) is 4.55. The van der Waals surface area contributed by atoms with Gasteiger partial charge in [-0.05, 0) is 25.2 Å². The highest BCUT2D eigenvalue weighted by Crippen LogP contribution is 2.69. The van der Waals surface area contributed by atoms with Crippen molar-refractivity contribution in [3.63, 3.8) is 0 Å². The lowest BCUT2D eigenvalue weighted by molar-refractivity contribution is 0.0447. The summed E-state index contributed by atoms with van der Waals surface area (Å²) in [6.07, 6.45) is 0.460.